The third-order valence-corrected chi connectivity index (χ3v) is 3.35. The second-order valence-electron chi connectivity index (χ2n) is 4.01. The number of ether oxygens (including phenoxy) is 2. The Morgan fingerprint density at radius 3 is 3.00 bits per heavy atom. The van der Waals surface area contributed by atoms with Gasteiger partial charge in [0.05, 0.1) is 17.7 Å². The lowest BCUT2D eigenvalue weighted by Gasteiger charge is -2.12. The maximum Gasteiger partial charge on any atom is 0.133 e. The van der Waals surface area contributed by atoms with E-state index in [0.717, 1.165) is 42.0 Å². The minimum absolute atomic E-state index is 0.529. The molecule has 4 heteroatoms. The van der Waals surface area contributed by atoms with Crippen LogP contribution in [-0.2, 0) is 11.3 Å². The van der Waals surface area contributed by atoms with Crippen molar-refractivity contribution in [3.8, 4) is 5.75 Å². The van der Waals surface area contributed by atoms with Crippen molar-refractivity contribution in [2.75, 3.05) is 19.8 Å². The maximum atomic E-state index is 5.75. The summed E-state index contributed by atoms with van der Waals surface area (Å²) in [7, 11) is 0. The Morgan fingerprint density at radius 2 is 2.38 bits per heavy atom. The summed E-state index contributed by atoms with van der Waals surface area (Å²) in [6.45, 7) is 2.95. The molecule has 0 bridgehead atoms. The second-order valence-corrected chi connectivity index (χ2v) is 4.86. The van der Waals surface area contributed by atoms with Crippen LogP contribution < -0.4 is 10.5 Å². The smallest absolute Gasteiger partial charge is 0.133 e. The van der Waals surface area contributed by atoms with Gasteiger partial charge in [-0.25, -0.2) is 0 Å². The van der Waals surface area contributed by atoms with Crippen molar-refractivity contribution < 1.29 is 9.47 Å². The predicted octanol–water partition coefficient (Wildman–Crippen LogP) is 2.32. The first kappa shape index (κ1) is 11.9. The third kappa shape index (κ3) is 2.97. The fraction of sp³-hybridized carbons (Fsp3) is 0.500. The Bertz CT molecular complexity index is 351. The lowest BCUT2D eigenvalue weighted by Crippen LogP contribution is -2.11. The molecule has 0 amide bonds. The normalized spacial score (nSPS) is 20.0. The molecule has 1 aromatic carbocycles. The van der Waals surface area contributed by atoms with E-state index in [4.69, 9.17) is 15.2 Å². The largest absolute Gasteiger partial charge is 0.492 e. The van der Waals surface area contributed by atoms with Gasteiger partial charge in [-0.2, -0.15) is 0 Å². The first-order chi connectivity index (χ1) is 7.79. The van der Waals surface area contributed by atoms with Crippen LogP contribution in [0.5, 0.6) is 5.75 Å². The van der Waals surface area contributed by atoms with Crippen LogP contribution in [0.3, 0.4) is 0 Å². The molecule has 3 nitrogen and oxygen atoms in total. The number of rotatable bonds is 4. The third-order valence-electron chi connectivity index (χ3n) is 2.73. The van der Waals surface area contributed by atoms with E-state index in [-0.39, 0.29) is 0 Å². The number of nitrogens with two attached hydrogens (primary N) is 1. The molecule has 0 aromatic heterocycles. The number of halogens is 1. The average Bonchev–Trinajstić information content (AvgIpc) is 2.80. The van der Waals surface area contributed by atoms with Crippen LogP contribution in [0.25, 0.3) is 0 Å². The van der Waals surface area contributed by atoms with E-state index in [1.807, 2.05) is 18.2 Å². The molecule has 2 rings (SSSR count). The maximum absolute atomic E-state index is 5.75. The Balaban J connectivity index is 1.93. The standard InChI is InChI=1S/C12H16BrNO2/c13-11-5-9(6-14)1-2-12(11)16-8-10-3-4-15-7-10/h1-2,5,10H,3-4,6-8,14H2. The molecule has 88 valence electrons. The first-order valence-electron chi connectivity index (χ1n) is 5.48. The zero-order chi connectivity index (χ0) is 11.4. The summed E-state index contributed by atoms with van der Waals surface area (Å²) in [6.07, 6.45) is 1.10. The van der Waals surface area contributed by atoms with E-state index < -0.39 is 0 Å². The molecule has 0 saturated carbocycles. The van der Waals surface area contributed by atoms with Gasteiger partial charge >= 0.3 is 0 Å². The van der Waals surface area contributed by atoms with Gasteiger partial charge in [0.2, 0.25) is 0 Å². The molecular formula is C12H16BrNO2. The van der Waals surface area contributed by atoms with Gasteiger partial charge in [0.15, 0.2) is 0 Å². The molecule has 1 fully saturated rings. The Labute approximate surface area is 104 Å². The van der Waals surface area contributed by atoms with Crippen molar-refractivity contribution >= 4 is 15.9 Å². The fourth-order valence-corrected chi connectivity index (χ4v) is 2.25. The van der Waals surface area contributed by atoms with Crippen LogP contribution in [0.2, 0.25) is 0 Å². The predicted molar refractivity (Wildman–Crippen MR) is 66.5 cm³/mol. The zero-order valence-corrected chi connectivity index (χ0v) is 10.7. The quantitative estimate of drug-likeness (QED) is 0.924. The molecule has 1 heterocycles. The van der Waals surface area contributed by atoms with E-state index >= 15 is 0 Å². The fourth-order valence-electron chi connectivity index (χ4n) is 1.71. The zero-order valence-electron chi connectivity index (χ0n) is 9.12. The minimum atomic E-state index is 0.529. The summed E-state index contributed by atoms with van der Waals surface area (Å²) in [5.74, 6) is 1.41. The molecule has 1 unspecified atom stereocenters. The van der Waals surface area contributed by atoms with Gasteiger partial charge in [0, 0.05) is 19.1 Å². The van der Waals surface area contributed by atoms with E-state index in [1.54, 1.807) is 0 Å². The molecule has 16 heavy (non-hydrogen) atoms. The van der Waals surface area contributed by atoms with Crippen LogP contribution in [0.4, 0.5) is 0 Å². The number of hydrogen-bond acceptors (Lipinski definition) is 3. The second kappa shape index (κ2) is 5.66. The van der Waals surface area contributed by atoms with Crippen molar-refractivity contribution in [2.45, 2.75) is 13.0 Å². The van der Waals surface area contributed by atoms with Crippen molar-refractivity contribution in [3.63, 3.8) is 0 Å². The average molecular weight is 286 g/mol. The number of hydrogen-bond donors (Lipinski definition) is 1. The van der Waals surface area contributed by atoms with E-state index in [0.29, 0.717) is 12.5 Å². The Kier molecular flexibility index (Phi) is 4.21. The molecule has 0 spiro atoms. The van der Waals surface area contributed by atoms with Gasteiger partial charge in [-0.15, -0.1) is 0 Å². The van der Waals surface area contributed by atoms with Crippen molar-refractivity contribution in [2.24, 2.45) is 11.7 Å². The molecule has 0 aliphatic carbocycles. The first-order valence-corrected chi connectivity index (χ1v) is 6.28. The SMILES string of the molecule is NCc1ccc(OCC2CCOC2)c(Br)c1. The van der Waals surface area contributed by atoms with Crippen LogP contribution in [0, 0.1) is 5.92 Å². The van der Waals surface area contributed by atoms with E-state index in [9.17, 15) is 0 Å². The Morgan fingerprint density at radius 1 is 1.50 bits per heavy atom. The summed E-state index contributed by atoms with van der Waals surface area (Å²) < 4.78 is 12.0. The molecule has 1 aromatic rings. The van der Waals surface area contributed by atoms with Gasteiger partial charge in [-0.3, -0.25) is 0 Å². The summed E-state index contributed by atoms with van der Waals surface area (Å²) >= 11 is 3.49. The van der Waals surface area contributed by atoms with Gasteiger partial charge in [0.25, 0.3) is 0 Å². The highest BCUT2D eigenvalue weighted by molar-refractivity contribution is 9.10. The molecule has 2 N–H and O–H groups in total. The van der Waals surface area contributed by atoms with Gasteiger partial charge in [-0.1, -0.05) is 6.07 Å². The molecule has 1 aliphatic rings. The minimum Gasteiger partial charge on any atom is -0.492 e. The molecular weight excluding hydrogens is 270 g/mol. The van der Waals surface area contributed by atoms with Gasteiger partial charge in [-0.05, 0) is 40.0 Å². The molecule has 0 radical (unpaired) electrons. The summed E-state index contributed by atoms with van der Waals surface area (Å²) in [4.78, 5) is 0. The van der Waals surface area contributed by atoms with E-state index in [1.165, 1.54) is 0 Å². The lowest BCUT2D eigenvalue weighted by atomic mass is 10.1. The van der Waals surface area contributed by atoms with Gasteiger partial charge in [0.1, 0.15) is 5.75 Å². The molecule has 1 aliphatic heterocycles. The van der Waals surface area contributed by atoms with Crippen LogP contribution in [0.1, 0.15) is 12.0 Å². The molecule has 1 atom stereocenters. The summed E-state index contributed by atoms with van der Waals surface area (Å²) in [5.41, 5.74) is 6.66. The van der Waals surface area contributed by atoms with Crippen LogP contribution in [-0.4, -0.2) is 19.8 Å². The Hall–Kier alpha value is -0.580. The highest BCUT2D eigenvalue weighted by Gasteiger charge is 2.16. The van der Waals surface area contributed by atoms with Crippen molar-refractivity contribution in [1.29, 1.82) is 0 Å². The summed E-state index contributed by atoms with van der Waals surface area (Å²) in [6, 6.07) is 5.95. The number of benzene rings is 1. The summed E-state index contributed by atoms with van der Waals surface area (Å²) in [5, 5.41) is 0. The molecule has 1 saturated heterocycles. The monoisotopic (exact) mass is 285 g/mol. The highest BCUT2D eigenvalue weighted by atomic mass is 79.9. The topological polar surface area (TPSA) is 44.5 Å². The van der Waals surface area contributed by atoms with Crippen LogP contribution >= 0.6 is 15.9 Å². The van der Waals surface area contributed by atoms with Crippen molar-refractivity contribution in [1.82, 2.24) is 0 Å². The lowest BCUT2D eigenvalue weighted by molar-refractivity contribution is 0.167. The van der Waals surface area contributed by atoms with Crippen LogP contribution in [0.15, 0.2) is 22.7 Å². The highest BCUT2D eigenvalue weighted by Crippen LogP contribution is 2.27. The van der Waals surface area contributed by atoms with Gasteiger partial charge < -0.3 is 15.2 Å². The van der Waals surface area contributed by atoms with Crippen molar-refractivity contribution in [3.05, 3.63) is 28.2 Å². The van der Waals surface area contributed by atoms with E-state index in [2.05, 4.69) is 15.9 Å².